The third kappa shape index (κ3) is 5.55. The molecule has 0 aliphatic heterocycles. The molecule has 0 aliphatic carbocycles. The molecule has 1 aromatic heterocycles. The molecule has 0 amide bonds. The molecular formula is C26H23NO5. The highest BCUT2D eigenvalue weighted by Crippen LogP contribution is 2.21. The molecule has 3 aromatic carbocycles. The summed E-state index contributed by atoms with van der Waals surface area (Å²) in [6.45, 7) is 1.83. The summed E-state index contributed by atoms with van der Waals surface area (Å²) in [5, 5.41) is 8.92. The maximum absolute atomic E-state index is 10.9. The van der Waals surface area contributed by atoms with Crippen molar-refractivity contribution in [1.82, 2.24) is 4.98 Å². The molecule has 0 radical (unpaired) electrons. The molecule has 162 valence electrons. The van der Waals surface area contributed by atoms with Crippen LogP contribution >= 0.6 is 0 Å². The van der Waals surface area contributed by atoms with Crippen LogP contribution in [-0.2, 0) is 17.8 Å². The number of carboxylic acid groups (broad SMARTS) is 1. The summed E-state index contributed by atoms with van der Waals surface area (Å²) >= 11 is 0. The monoisotopic (exact) mass is 429 g/mol. The molecule has 6 heteroatoms. The number of carbonyl (C=O) groups is 1. The maximum atomic E-state index is 10.9. The van der Waals surface area contributed by atoms with Crippen molar-refractivity contribution in [3.05, 3.63) is 102 Å². The normalized spacial score (nSPS) is 11.7. The van der Waals surface area contributed by atoms with Gasteiger partial charge in [-0.3, -0.25) is 0 Å². The highest BCUT2D eigenvalue weighted by Gasteiger charge is 2.12. The van der Waals surface area contributed by atoms with Gasteiger partial charge in [0.25, 0.3) is 0 Å². The zero-order valence-electron chi connectivity index (χ0n) is 17.6. The fourth-order valence-electron chi connectivity index (χ4n) is 3.12. The minimum atomic E-state index is -0.989. The summed E-state index contributed by atoms with van der Waals surface area (Å²) in [5.41, 5.74) is 3.90. The Morgan fingerprint density at radius 2 is 1.56 bits per heavy atom. The standard InChI is InChI=1S/C26H23NO5/c1-18(26(28)29)32-24-13-9-20(10-14-24)15-19-7-11-23(12-8-19)30-16-22-17-31-25(27-22)21-5-3-2-4-6-21/h2-14,17-18H,15-16H2,1H3,(H,28,29). The molecule has 0 bridgehead atoms. The van der Waals surface area contributed by atoms with Crippen molar-refractivity contribution in [3.63, 3.8) is 0 Å². The molecule has 4 aromatic rings. The lowest BCUT2D eigenvalue weighted by molar-refractivity contribution is -0.144. The van der Waals surface area contributed by atoms with Gasteiger partial charge < -0.3 is 19.0 Å². The van der Waals surface area contributed by atoms with E-state index in [-0.39, 0.29) is 0 Å². The van der Waals surface area contributed by atoms with Crippen molar-refractivity contribution in [3.8, 4) is 23.0 Å². The lowest BCUT2D eigenvalue weighted by Gasteiger charge is -2.11. The van der Waals surface area contributed by atoms with Gasteiger partial charge in [-0.25, -0.2) is 9.78 Å². The number of hydrogen-bond acceptors (Lipinski definition) is 5. The van der Waals surface area contributed by atoms with Gasteiger partial charge in [-0.15, -0.1) is 0 Å². The van der Waals surface area contributed by atoms with Crippen molar-refractivity contribution >= 4 is 5.97 Å². The number of nitrogens with zero attached hydrogens (tertiary/aromatic N) is 1. The van der Waals surface area contributed by atoms with Gasteiger partial charge in [0, 0.05) is 5.56 Å². The summed E-state index contributed by atoms with van der Waals surface area (Å²) in [5.74, 6) is 0.880. The van der Waals surface area contributed by atoms with Crippen LogP contribution < -0.4 is 9.47 Å². The van der Waals surface area contributed by atoms with Gasteiger partial charge in [-0.2, -0.15) is 0 Å². The Morgan fingerprint density at radius 3 is 2.19 bits per heavy atom. The largest absolute Gasteiger partial charge is 0.487 e. The van der Waals surface area contributed by atoms with E-state index in [2.05, 4.69) is 4.98 Å². The molecule has 0 aliphatic rings. The van der Waals surface area contributed by atoms with Gasteiger partial charge in [-0.1, -0.05) is 42.5 Å². The van der Waals surface area contributed by atoms with E-state index in [1.165, 1.54) is 6.92 Å². The Balaban J connectivity index is 1.30. The molecule has 4 rings (SSSR count). The number of hydrogen-bond donors (Lipinski definition) is 1. The lowest BCUT2D eigenvalue weighted by Crippen LogP contribution is -2.22. The summed E-state index contributed by atoms with van der Waals surface area (Å²) < 4.78 is 16.7. The van der Waals surface area contributed by atoms with E-state index >= 15 is 0 Å². The summed E-state index contributed by atoms with van der Waals surface area (Å²) in [7, 11) is 0. The van der Waals surface area contributed by atoms with Gasteiger partial charge >= 0.3 is 5.97 Å². The third-order valence-electron chi connectivity index (χ3n) is 4.87. The Labute approximate surface area is 186 Å². The number of aliphatic carboxylic acids is 1. The number of benzene rings is 3. The predicted molar refractivity (Wildman–Crippen MR) is 120 cm³/mol. The zero-order valence-corrected chi connectivity index (χ0v) is 17.6. The van der Waals surface area contributed by atoms with Crippen LogP contribution in [0.4, 0.5) is 0 Å². The van der Waals surface area contributed by atoms with E-state index in [0.717, 1.165) is 34.6 Å². The molecule has 1 atom stereocenters. The van der Waals surface area contributed by atoms with Crippen molar-refractivity contribution in [2.75, 3.05) is 0 Å². The van der Waals surface area contributed by atoms with Crippen LogP contribution in [-0.4, -0.2) is 22.2 Å². The molecule has 0 fully saturated rings. The van der Waals surface area contributed by atoms with E-state index in [9.17, 15) is 4.79 Å². The second-order valence-corrected chi connectivity index (χ2v) is 7.36. The summed E-state index contributed by atoms with van der Waals surface area (Å²) in [4.78, 5) is 15.4. The maximum Gasteiger partial charge on any atom is 0.344 e. The first-order chi connectivity index (χ1) is 15.6. The molecule has 0 spiro atoms. The molecular weight excluding hydrogens is 406 g/mol. The number of ether oxygens (including phenoxy) is 2. The first-order valence-corrected chi connectivity index (χ1v) is 10.3. The van der Waals surface area contributed by atoms with Crippen LogP contribution in [0.15, 0.2) is 89.5 Å². The zero-order chi connectivity index (χ0) is 22.3. The number of carboxylic acids is 1. The fraction of sp³-hybridized carbons (Fsp3) is 0.154. The number of oxazole rings is 1. The van der Waals surface area contributed by atoms with Crippen LogP contribution in [0.5, 0.6) is 11.5 Å². The second kappa shape index (κ2) is 9.83. The quantitative estimate of drug-likeness (QED) is 0.386. The topological polar surface area (TPSA) is 81.8 Å². The van der Waals surface area contributed by atoms with E-state index in [1.54, 1.807) is 18.4 Å². The summed E-state index contributed by atoms with van der Waals surface area (Å²) in [6, 6.07) is 25.1. The Bertz CT molecular complexity index is 1150. The minimum Gasteiger partial charge on any atom is -0.487 e. The highest BCUT2D eigenvalue weighted by molar-refractivity contribution is 5.72. The van der Waals surface area contributed by atoms with Gasteiger partial charge in [0.1, 0.15) is 30.1 Å². The van der Waals surface area contributed by atoms with Crippen LogP contribution in [0.2, 0.25) is 0 Å². The van der Waals surface area contributed by atoms with E-state index < -0.39 is 12.1 Å². The van der Waals surface area contributed by atoms with Gasteiger partial charge in [0.05, 0.1) is 0 Å². The van der Waals surface area contributed by atoms with Crippen LogP contribution in [0.25, 0.3) is 11.5 Å². The van der Waals surface area contributed by atoms with Crippen molar-refractivity contribution in [2.45, 2.75) is 26.1 Å². The van der Waals surface area contributed by atoms with E-state index in [1.807, 2.05) is 66.7 Å². The Hall–Kier alpha value is -4.06. The van der Waals surface area contributed by atoms with Gasteiger partial charge in [0.2, 0.25) is 5.89 Å². The predicted octanol–water partition coefficient (Wildman–Crippen LogP) is 5.36. The molecule has 1 N–H and O–H groups in total. The Kier molecular flexibility index (Phi) is 6.51. The van der Waals surface area contributed by atoms with Crippen molar-refractivity contribution in [2.24, 2.45) is 0 Å². The minimum absolute atomic E-state index is 0.325. The molecule has 0 saturated carbocycles. The van der Waals surface area contributed by atoms with Crippen LogP contribution in [0, 0.1) is 0 Å². The van der Waals surface area contributed by atoms with Gasteiger partial charge in [0.15, 0.2) is 6.10 Å². The van der Waals surface area contributed by atoms with Crippen LogP contribution in [0.3, 0.4) is 0 Å². The molecule has 1 unspecified atom stereocenters. The van der Waals surface area contributed by atoms with Crippen molar-refractivity contribution in [1.29, 1.82) is 0 Å². The Morgan fingerprint density at radius 1 is 0.938 bits per heavy atom. The van der Waals surface area contributed by atoms with Crippen LogP contribution in [0.1, 0.15) is 23.7 Å². The SMILES string of the molecule is CC(Oc1ccc(Cc2ccc(OCc3coc(-c4ccccc4)n3)cc2)cc1)C(=O)O. The second-order valence-electron chi connectivity index (χ2n) is 7.36. The molecule has 1 heterocycles. The number of rotatable bonds is 9. The van der Waals surface area contributed by atoms with E-state index in [0.29, 0.717) is 18.2 Å². The smallest absolute Gasteiger partial charge is 0.344 e. The molecule has 6 nitrogen and oxygen atoms in total. The first kappa shape index (κ1) is 21.2. The number of aromatic nitrogens is 1. The van der Waals surface area contributed by atoms with Crippen molar-refractivity contribution < 1.29 is 23.8 Å². The first-order valence-electron chi connectivity index (χ1n) is 10.3. The molecule has 0 saturated heterocycles. The third-order valence-corrected chi connectivity index (χ3v) is 4.87. The fourth-order valence-corrected chi connectivity index (χ4v) is 3.12. The van der Waals surface area contributed by atoms with Gasteiger partial charge in [-0.05, 0) is 60.9 Å². The summed E-state index contributed by atoms with van der Waals surface area (Å²) in [6.07, 6.45) is 1.48. The average Bonchev–Trinajstić information content (AvgIpc) is 3.29. The lowest BCUT2D eigenvalue weighted by atomic mass is 10.0. The average molecular weight is 429 g/mol. The molecule has 32 heavy (non-hydrogen) atoms. The highest BCUT2D eigenvalue weighted by atomic mass is 16.5. The van der Waals surface area contributed by atoms with E-state index in [4.69, 9.17) is 19.0 Å².